The molecule has 170 valence electrons. The molecule has 0 spiro atoms. The summed E-state index contributed by atoms with van der Waals surface area (Å²) in [5.74, 6) is 0.606. The first kappa shape index (κ1) is 23.2. The molecule has 2 aromatic rings. The lowest BCUT2D eigenvalue weighted by atomic mass is 10.2. The third-order valence-corrected chi connectivity index (χ3v) is 5.06. The first-order valence-corrected chi connectivity index (χ1v) is 9.86. The molecule has 0 saturated carbocycles. The van der Waals surface area contributed by atoms with Crippen LogP contribution in [0.2, 0.25) is 0 Å². The van der Waals surface area contributed by atoms with Crippen molar-refractivity contribution in [3.8, 4) is 6.07 Å². The molecule has 1 unspecified atom stereocenters. The maximum absolute atomic E-state index is 12.9. The van der Waals surface area contributed by atoms with E-state index in [2.05, 4.69) is 10.1 Å². The fourth-order valence-corrected chi connectivity index (χ4v) is 3.23. The molecule has 2 aromatic heterocycles. The SMILES string of the molecule is CC(OCCC(=O)N1CCN(c2ccc(C#N)cn2)CC1)c1cc(C(F)(F)F)c(=O)[nH]n1. The summed E-state index contributed by atoms with van der Waals surface area (Å²) in [7, 11) is 0. The van der Waals surface area contributed by atoms with Crippen molar-refractivity contribution in [2.45, 2.75) is 25.6 Å². The summed E-state index contributed by atoms with van der Waals surface area (Å²) in [6, 6.07) is 6.12. The summed E-state index contributed by atoms with van der Waals surface area (Å²) in [5, 5.41) is 14.3. The van der Waals surface area contributed by atoms with Crippen LogP contribution in [0.25, 0.3) is 0 Å². The van der Waals surface area contributed by atoms with Gasteiger partial charge in [0.15, 0.2) is 0 Å². The van der Waals surface area contributed by atoms with Crippen LogP contribution in [0.5, 0.6) is 0 Å². The normalized spacial score (nSPS) is 15.3. The molecule has 0 aromatic carbocycles. The molecule has 0 radical (unpaired) electrons. The van der Waals surface area contributed by atoms with E-state index in [-0.39, 0.29) is 24.6 Å². The lowest BCUT2D eigenvalue weighted by molar-refractivity contribution is -0.139. The van der Waals surface area contributed by atoms with Crippen LogP contribution in [0.1, 0.15) is 36.3 Å². The number of rotatable bonds is 6. The number of hydrogen-bond acceptors (Lipinski definition) is 7. The van der Waals surface area contributed by atoms with Crippen molar-refractivity contribution in [1.82, 2.24) is 20.1 Å². The fraction of sp³-hybridized carbons (Fsp3) is 0.450. The zero-order chi connectivity index (χ0) is 23.3. The number of aromatic nitrogens is 3. The van der Waals surface area contributed by atoms with E-state index in [0.29, 0.717) is 37.8 Å². The van der Waals surface area contributed by atoms with Gasteiger partial charge in [-0.25, -0.2) is 10.1 Å². The number of piperazine rings is 1. The highest BCUT2D eigenvalue weighted by atomic mass is 19.4. The van der Waals surface area contributed by atoms with Gasteiger partial charge < -0.3 is 14.5 Å². The minimum atomic E-state index is -4.80. The molecule has 0 bridgehead atoms. The van der Waals surface area contributed by atoms with Crippen LogP contribution in [0.15, 0.2) is 29.2 Å². The van der Waals surface area contributed by atoms with Crippen LogP contribution >= 0.6 is 0 Å². The van der Waals surface area contributed by atoms with Gasteiger partial charge in [0.05, 0.1) is 30.4 Å². The lowest BCUT2D eigenvalue weighted by Gasteiger charge is -2.35. The van der Waals surface area contributed by atoms with Crippen LogP contribution in [-0.4, -0.2) is 58.8 Å². The molecular weight excluding hydrogens is 429 g/mol. The Morgan fingerprint density at radius 2 is 2.03 bits per heavy atom. The van der Waals surface area contributed by atoms with Crippen LogP contribution in [-0.2, 0) is 15.7 Å². The van der Waals surface area contributed by atoms with Crippen molar-refractivity contribution >= 4 is 11.7 Å². The number of halogens is 3. The Hall–Kier alpha value is -3.46. The number of aromatic amines is 1. The molecule has 1 aliphatic heterocycles. The molecule has 1 fully saturated rings. The highest BCUT2D eigenvalue weighted by Gasteiger charge is 2.35. The highest BCUT2D eigenvalue weighted by molar-refractivity contribution is 5.76. The second-order valence-corrected chi connectivity index (χ2v) is 7.18. The van der Waals surface area contributed by atoms with Gasteiger partial charge in [-0.05, 0) is 25.1 Å². The van der Waals surface area contributed by atoms with Gasteiger partial charge in [0.25, 0.3) is 5.56 Å². The number of anilines is 1. The van der Waals surface area contributed by atoms with Gasteiger partial charge in [0, 0.05) is 32.4 Å². The number of H-pyrrole nitrogens is 1. The molecular formula is C20H21F3N6O3. The number of pyridine rings is 1. The summed E-state index contributed by atoms with van der Waals surface area (Å²) >= 11 is 0. The van der Waals surface area contributed by atoms with E-state index in [4.69, 9.17) is 10.00 Å². The zero-order valence-corrected chi connectivity index (χ0v) is 17.2. The highest BCUT2D eigenvalue weighted by Crippen LogP contribution is 2.27. The van der Waals surface area contributed by atoms with Gasteiger partial charge in [0.2, 0.25) is 5.91 Å². The molecule has 3 heterocycles. The Morgan fingerprint density at radius 1 is 1.31 bits per heavy atom. The van der Waals surface area contributed by atoms with Gasteiger partial charge in [-0.15, -0.1) is 0 Å². The van der Waals surface area contributed by atoms with Crippen molar-refractivity contribution in [2.24, 2.45) is 0 Å². The molecule has 1 N–H and O–H groups in total. The van der Waals surface area contributed by atoms with Gasteiger partial charge in [0.1, 0.15) is 17.5 Å². The van der Waals surface area contributed by atoms with Gasteiger partial charge in [-0.2, -0.15) is 23.5 Å². The average molecular weight is 450 g/mol. The smallest absolute Gasteiger partial charge is 0.372 e. The van der Waals surface area contributed by atoms with E-state index in [1.165, 1.54) is 13.1 Å². The average Bonchev–Trinajstić information content (AvgIpc) is 2.78. The van der Waals surface area contributed by atoms with Crippen molar-refractivity contribution in [3.05, 3.63) is 51.6 Å². The summed E-state index contributed by atoms with van der Waals surface area (Å²) in [4.78, 5) is 31.7. The quantitative estimate of drug-likeness (QED) is 0.714. The predicted molar refractivity (Wildman–Crippen MR) is 107 cm³/mol. The third kappa shape index (κ3) is 5.61. The molecule has 0 aliphatic carbocycles. The second-order valence-electron chi connectivity index (χ2n) is 7.18. The minimum absolute atomic E-state index is 0.000447. The second kappa shape index (κ2) is 9.78. The molecule has 1 saturated heterocycles. The molecule has 12 heteroatoms. The number of nitriles is 1. The molecule has 1 amide bonds. The first-order valence-electron chi connectivity index (χ1n) is 9.86. The Kier molecular flexibility index (Phi) is 7.09. The van der Waals surface area contributed by atoms with E-state index in [0.717, 1.165) is 5.82 Å². The number of carbonyl (C=O) groups excluding carboxylic acids is 1. The van der Waals surface area contributed by atoms with Crippen LogP contribution in [0, 0.1) is 11.3 Å². The van der Waals surface area contributed by atoms with Crippen LogP contribution in [0.3, 0.4) is 0 Å². The van der Waals surface area contributed by atoms with Gasteiger partial charge >= 0.3 is 6.18 Å². The zero-order valence-electron chi connectivity index (χ0n) is 17.2. The number of alkyl halides is 3. The van der Waals surface area contributed by atoms with Gasteiger partial charge in [-0.3, -0.25) is 9.59 Å². The first-order chi connectivity index (χ1) is 15.2. The van der Waals surface area contributed by atoms with Crippen molar-refractivity contribution in [2.75, 3.05) is 37.7 Å². The molecule has 32 heavy (non-hydrogen) atoms. The Balaban J connectivity index is 1.46. The van der Waals surface area contributed by atoms with E-state index in [1.54, 1.807) is 17.0 Å². The Morgan fingerprint density at radius 3 is 2.62 bits per heavy atom. The van der Waals surface area contributed by atoms with Gasteiger partial charge in [-0.1, -0.05) is 0 Å². The number of ether oxygens (including phenoxy) is 1. The number of hydrogen-bond donors (Lipinski definition) is 1. The number of nitrogens with one attached hydrogen (secondary N) is 1. The van der Waals surface area contributed by atoms with Crippen molar-refractivity contribution in [1.29, 1.82) is 5.26 Å². The molecule has 1 aliphatic rings. The largest absolute Gasteiger partial charge is 0.421 e. The minimum Gasteiger partial charge on any atom is -0.372 e. The summed E-state index contributed by atoms with van der Waals surface area (Å²) in [6.45, 7) is 3.65. The number of amides is 1. The molecule has 3 rings (SSSR count). The van der Waals surface area contributed by atoms with Crippen molar-refractivity contribution in [3.63, 3.8) is 0 Å². The summed E-state index contributed by atoms with van der Waals surface area (Å²) in [5.41, 5.74) is -2.26. The maximum Gasteiger partial charge on any atom is 0.421 e. The van der Waals surface area contributed by atoms with E-state index in [9.17, 15) is 22.8 Å². The lowest BCUT2D eigenvalue weighted by Crippen LogP contribution is -2.49. The topological polar surface area (TPSA) is 115 Å². The maximum atomic E-state index is 12.9. The van der Waals surface area contributed by atoms with Crippen molar-refractivity contribution < 1.29 is 22.7 Å². The molecule has 1 atom stereocenters. The standard InChI is InChI=1S/C20H21F3N6O3/c1-13(16-10-15(20(21,22)23)19(31)27-26-16)32-9-4-18(30)29-7-5-28(6-8-29)17-3-2-14(11-24)12-25-17/h2-3,10,12-13H,4-9H2,1H3,(H,27,31). The van der Waals surface area contributed by atoms with E-state index < -0.39 is 23.4 Å². The Labute approximate surface area is 181 Å². The molecule has 9 nitrogen and oxygen atoms in total. The predicted octanol–water partition coefficient (Wildman–Crippen LogP) is 1.87. The van der Waals surface area contributed by atoms with E-state index in [1.807, 2.05) is 16.1 Å². The summed E-state index contributed by atoms with van der Waals surface area (Å²) in [6.07, 6.45) is -4.06. The Bertz CT molecular complexity index is 1040. The van der Waals surface area contributed by atoms with E-state index >= 15 is 0 Å². The summed E-state index contributed by atoms with van der Waals surface area (Å²) < 4.78 is 44.1. The number of carbonyl (C=O) groups is 1. The third-order valence-electron chi connectivity index (χ3n) is 5.06. The monoisotopic (exact) mass is 450 g/mol. The van der Waals surface area contributed by atoms with Crippen LogP contribution in [0.4, 0.5) is 19.0 Å². The van der Waals surface area contributed by atoms with Crippen LogP contribution < -0.4 is 10.5 Å². The number of nitrogens with zero attached hydrogens (tertiary/aromatic N) is 5. The fourth-order valence-electron chi connectivity index (χ4n) is 3.23.